The Morgan fingerprint density at radius 2 is 1.49 bits per heavy atom. The van der Waals surface area contributed by atoms with Crippen LogP contribution in [0.5, 0.6) is 0 Å². The number of ether oxygens (including phenoxy) is 1. The molecular formula is C44H77BNO4S. The Morgan fingerprint density at radius 1 is 0.922 bits per heavy atom. The summed E-state index contributed by atoms with van der Waals surface area (Å²) < 4.78 is 11.1. The molecule has 1 aliphatic heterocycles. The van der Waals surface area contributed by atoms with Crippen molar-refractivity contribution in [1.29, 1.82) is 0 Å². The quantitative estimate of drug-likeness (QED) is 0.105. The van der Waals surface area contributed by atoms with E-state index >= 15 is 0 Å². The number of benzene rings is 1. The first-order valence-electron chi connectivity index (χ1n) is 20.6. The molecule has 3 aliphatic rings. The Bertz CT molecular complexity index is 1230. The number of nitrogens with zero attached hydrogens (tertiary/aromatic N) is 1. The van der Waals surface area contributed by atoms with Crippen molar-refractivity contribution in [3.05, 3.63) is 23.8 Å². The van der Waals surface area contributed by atoms with Crippen molar-refractivity contribution in [3.63, 3.8) is 0 Å². The normalized spacial score (nSPS) is 20.9. The first kappa shape index (κ1) is 45.7. The van der Waals surface area contributed by atoms with Gasteiger partial charge in [0, 0.05) is 16.5 Å². The van der Waals surface area contributed by atoms with Gasteiger partial charge in [-0.2, -0.15) is 12.6 Å². The molecule has 0 aromatic heterocycles. The van der Waals surface area contributed by atoms with Gasteiger partial charge in [-0.25, -0.2) is 0 Å². The highest BCUT2D eigenvalue weighted by atomic mass is 32.1. The van der Waals surface area contributed by atoms with Crippen LogP contribution in [0.1, 0.15) is 192 Å². The summed E-state index contributed by atoms with van der Waals surface area (Å²) in [5, 5.41) is 0. The molecule has 1 heterocycles. The lowest BCUT2D eigenvalue weighted by Crippen LogP contribution is -2.50. The van der Waals surface area contributed by atoms with Crippen molar-refractivity contribution in [2.24, 2.45) is 17.3 Å². The van der Waals surface area contributed by atoms with Crippen molar-refractivity contribution < 1.29 is 19.0 Å². The molecule has 51 heavy (non-hydrogen) atoms. The molecule has 1 amide bonds. The zero-order valence-electron chi connectivity index (χ0n) is 35.5. The van der Waals surface area contributed by atoms with Gasteiger partial charge < -0.3 is 14.3 Å². The Hall–Kier alpha value is -1.47. The van der Waals surface area contributed by atoms with Crippen molar-refractivity contribution in [1.82, 2.24) is 0 Å². The number of hydrogen-bond donors (Lipinski definition) is 1. The lowest BCUT2D eigenvalue weighted by Gasteiger charge is -2.42. The van der Waals surface area contributed by atoms with Crippen LogP contribution in [-0.2, 0) is 24.4 Å². The Balaban J connectivity index is 0.000000386. The molecule has 4 rings (SSSR count). The molecule has 0 N–H and O–H groups in total. The second-order valence-corrected chi connectivity index (χ2v) is 19.2. The van der Waals surface area contributed by atoms with Crippen molar-refractivity contribution in [2.75, 3.05) is 4.90 Å². The minimum Gasteiger partial charge on any atom is -0.460 e. The van der Waals surface area contributed by atoms with Crippen LogP contribution < -0.4 is 10.4 Å². The van der Waals surface area contributed by atoms with Gasteiger partial charge in [0.15, 0.2) is 0 Å². The molecule has 2 aliphatic carbocycles. The lowest BCUT2D eigenvalue weighted by molar-refractivity contribution is -0.159. The number of thiol groups is 1. The average molecular weight is 727 g/mol. The fourth-order valence-electron chi connectivity index (χ4n) is 7.48. The standard InChI is InChI=1S/C27H43BNO2S.C9H18O2.C8H16/c1-8-11-19-16-21(17-19)29-23-18-20(28-31-25(4,5)26(6,7)32)12-13-22(23)27(14-9-2,15-10-3)24(29)30;1-6-7(2)8(10)11-9(3,4)5;1-3-5-8(4-2)6-7-8/h12-13,18-19,21,32H,8-11,14-17H2,1-7H3;7H,6H2,1-5H3;3-7H2,1-2H3. The zero-order valence-corrected chi connectivity index (χ0v) is 36.4. The van der Waals surface area contributed by atoms with Gasteiger partial charge in [0.2, 0.25) is 5.91 Å². The van der Waals surface area contributed by atoms with E-state index in [9.17, 15) is 9.59 Å². The Kier molecular flexibility index (Phi) is 17.2. The third-order valence-corrected chi connectivity index (χ3v) is 12.5. The Labute approximate surface area is 321 Å². The van der Waals surface area contributed by atoms with Gasteiger partial charge in [-0.1, -0.05) is 105 Å². The van der Waals surface area contributed by atoms with Crippen LogP contribution in [0, 0.1) is 17.3 Å². The predicted molar refractivity (Wildman–Crippen MR) is 223 cm³/mol. The molecule has 291 valence electrons. The van der Waals surface area contributed by atoms with Crippen LogP contribution in [0.4, 0.5) is 5.69 Å². The molecule has 5 nitrogen and oxygen atoms in total. The lowest BCUT2D eigenvalue weighted by atomic mass is 9.73. The number of fused-ring (bicyclic) bond motifs is 1. The van der Waals surface area contributed by atoms with E-state index in [2.05, 4.69) is 85.4 Å². The van der Waals surface area contributed by atoms with Gasteiger partial charge >= 0.3 is 13.5 Å². The summed E-state index contributed by atoms with van der Waals surface area (Å²) in [6, 6.07) is 6.86. The van der Waals surface area contributed by atoms with Gasteiger partial charge in [0.25, 0.3) is 0 Å². The maximum Gasteiger partial charge on any atom is 0.330 e. The number of carbonyl (C=O) groups is 2. The van der Waals surface area contributed by atoms with E-state index in [1.54, 1.807) is 0 Å². The van der Waals surface area contributed by atoms with Gasteiger partial charge in [0.05, 0.1) is 16.9 Å². The first-order valence-corrected chi connectivity index (χ1v) is 21.1. The maximum absolute atomic E-state index is 14.0. The van der Waals surface area contributed by atoms with E-state index in [0.29, 0.717) is 11.9 Å². The summed E-state index contributed by atoms with van der Waals surface area (Å²) in [4.78, 5) is 27.3. The molecule has 0 saturated heterocycles. The van der Waals surface area contributed by atoms with Crippen LogP contribution in [-0.4, -0.2) is 41.3 Å². The van der Waals surface area contributed by atoms with Gasteiger partial charge in [-0.05, 0) is 123 Å². The SMILES string of the molecule is CCC(C)C(=O)OC(C)(C)C.CCCC1(CC)CC1.CCCC1CC(N2C(=O)C(CCC)(CCC)c3ccc([B]OC(C)(C)C(C)(C)S)cc32)C1. The first-order chi connectivity index (χ1) is 23.7. The highest BCUT2D eigenvalue weighted by Gasteiger charge is 2.53. The largest absolute Gasteiger partial charge is 0.460 e. The average Bonchev–Trinajstić information content (AvgIpc) is 3.77. The zero-order chi connectivity index (χ0) is 38.8. The number of amides is 1. The van der Waals surface area contributed by atoms with Crippen LogP contribution in [0.15, 0.2) is 18.2 Å². The second kappa shape index (κ2) is 19.2. The van der Waals surface area contributed by atoms with Crippen LogP contribution in [0.25, 0.3) is 0 Å². The molecule has 0 spiro atoms. The fraction of sp³-hybridized carbons (Fsp3) is 0.818. The monoisotopic (exact) mass is 727 g/mol. The fourth-order valence-corrected chi connectivity index (χ4v) is 7.53. The Morgan fingerprint density at radius 3 is 1.90 bits per heavy atom. The summed E-state index contributed by atoms with van der Waals surface area (Å²) in [5.41, 5.74) is 3.09. The molecule has 0 bridgehead atoms. The molecule has 2 fully saturated rings. The molecule has 1 aromatic rings. The highest BCUT2D eigenvalue weighted by Crippen LogP contribution is 2.52. The van der Waals surface area contributed by atoms with Crippen LogP contribution in [0.3, 0.4) is 0 Å². The number of carbonyl (C=O) groups excluding carboxylic acids is 2. The van der Waals surface area contributed by atoms with Crippen LogP contribution >= 0.6 is 12.6 Å². The van der Waals surface area contributed by atoms with E-state index < -0.39 is 5.60 Å². The third kappa shape index (κ3) is 12.3. The van der Waals surface area contributed by atoms with Crippen molar-refractivity contribution >= 4 is 43.1 Å². The van der Waals surface area contributed by atoms with Gasteiger partial charge in [-0.3, -0.25) is 9.59 Å². The van der Waals surface area contributed by atoms with Crippen molar-refractivity contribution in [3.8, 4) is 0 Å². The molecular weight excluding hydrogens is 649 g/mol. The minimum atomic E-state index is -0.417. The van der Waals surface area contributed by atoms with E-state index in [4.69, 9.17) is 22.0 Å². The summed E-state index contributed by atoms with van der Waals surface area (Å²) in [5.74, 6) is 1.03. The van der Waals surface area contributed by atoms with Gasteiger partial charge in [0.1, 0.15) is 5.60 Å². The van der Waals surface area contributed by atoms with Crippen molar-refractivity contribution in [2.45, 2.75) is 214 Å². The smallest absolute Gasteiger partial charge is 0.330 e. The number of esters is 1. The maximum atomic E-state index is 14.0. The summed E-state index contributed by atoms with van der Waals surface area (Å²) >= 11 is 4.72. The van der Waals surface area contributed by atoms with E-state index in [0.717, 1.165) is 67.4 Å². The predicted octanol–water partition coefficient (Wildman–Crippen LogP) is 11.5. The summed E-state index contributed by atoms with van der Waals surface area (Å²) in [6.07, 6.45) is 16.8. The van der Waals surface area contributed by atoms with E-state index in [1.807, 2.05) is 42.1 Å². The molecule has 1 unspecified atom stereocenters. The molecule has 1 radical (unpaired) electrons. The third-order valence-electron chi connectivity index (χ3n) is 11.9. The summed E-state index contributed by atoms with van der Waals surface area (Å²) in [7, 11) is 1.85. The van der Waals surface area contributed by atoms with Crippen LogP contribution in [0.2, 0.25) is 0 Å². The van der Waals surface area contributed by atoms with Gasteiger partial charge in [-0.15, -0.1) is 0 Å². The minimum absolute atomic E-state index is 0.0224. The summed E-state index contributed by atoms with van der Waals surface area (Å²) in [6.45, 7) is 29.0. The molecule has 7 heteroatoms. The topological polar surface area (TPSA) is 55.8 Å². The second-order valence-electron chi connectivity index (χ2n) is 18.1. The number of hydrogen-bond acceptors (Lipinski definition) is 5. The highest BCUT2D eigenvalue weighted by molar-refractivity contribution is 7.81. The number of rotatable bonds is 16. The molecule has 1 aromatic carbocycles. The number of anilines is 1. The van der Waals surface area contributed by atoms with E-state index in [1.165, 1.54) is 50.5 Å². The molecule has 1 atom stereocenters. The molecule has 2 saturated carbocycles. The van der Waals surface area contributed by atoms with E-state index in [-0.39, 0.29) is 27.7 Å².